The lowest BCUT2D eigenvalue weighted by Crippen LogP contribution is -2.38. The number of carbonyl (C=O) groups is 1. The lowest BCUT2D eigenvalue weighted by Gasteiger charge is -2.15. The monoisotopic (exact) mass is 346 g/mol. The highest BCUT2D eigenvalue weighted by atomic mass is 32.2. The Morgan fingerprint density at radius 3 is 2.25 bits per heavy atom. The lowest BCUT2D eigenvalue weighted by atomic mass is 10.1. The summed E-state index contributed by atoms with van der Waals surface area (Å²) in [5.41, 5.74) is 2.02. The third-order valence-electron chi connectivity index (χ3n) is 3.70. The Hall–Kier alpha value is -2.34. The highest BCUT2D eigenvalue weighted by Gasteiger charge is 2.11. The minimum atomic E-state index is -3.21. The molecule has 6 heteroatoms. The van der Waals surface area contributed by atoms with Gasteiger partial charge in [0.15, 0.2) is 9.84 Å². The highest BCUT2D eigenvalue weighted by Crippen LogP contribution is 2.16. The van der Waals surface area contributed by atoms with E-state index in [1.165, 1.54) is 11.8 Å². The molecule has 0 aromatic heterocycles. The molecule has 0 aliphatic heterocycles. The molecule has 0 aliphatic rings. The van der Waals surface area contributed by atoms with Gasteiger partial charge in [-0.25, -0.2) is 13.2 Å². The maximum Gasteiger partial charge on any atom is 0.315 e. The summed E-state index contributed by atoms with van der Waals surface area (Å²) >= 11 is 0. The molecule has 2 aromatic rings. The highest BCUT2D eigenvalue weighted by molar-refractivity contribution is 7.90. The second-order valence-corrected chi connectivity index (χ2v) is 7.71. The topological polar surface area (TPSA) is 75.3 Å². The summed E-state index contributed by atoms with van der Waals surface area (Å²) in [7, 11) is -3.21. The first-order valence-corrected chi connectivity index (χ1v) is 9.64. The molecule has 2 amide bonds. The molecule has 0 heterocycles. The number of nitrogens with one attached hydrogen (secondary N) is 2. The van der Waals surface area contributed by atoms with Gasteiger partial charge in [0.1, 0.15) is 0 Å². The Morgan fingerprint density at radius 2 is 1.67 bits per heavy atom. The van der Waals surface area contributed by atoms with E-state index in [9.17, 15) is 13.2 Å². The molecule has 0 spiro atoms. The van der Waals surface area contributed by atoms with E-state index in [0.29, 0.717) is 6.54 Å². The van der Waals surface area contributed by atoms with E-state index >= 15 is 0 Å². The summed E-state index contributed by atoms with van der Waals surface area (Å²) in [6.07, 6.45) is 1.94. The van der Waals surface area contributed by atoms with Crippen molar-refractivity contribution in [1.82, 2.24) is 10.6 Å². The molecule has 0 unspecified atom stereocenters. The molecule has 0 saturated carbocycles. The molecule has 128 valence electrons. The number of rotatable bonds is 6. The normalized spacial score (nSPS) is 12.4. The first kappa shape index (κ1) is 18.0. The maximum absolute atomic E-state index is 11.9. The van der Waals surface area contributed by atoms with Crippen LogP contribution >= 0.6 is 0 Å². The zero-order valence-corrected chi connectivity index (χ0v) is 14.6. The van der Waals surface area contributed by atoms with Crippen LogP contribution in [0.4, 0.5) is 4.79 Å². The van der Waals surface area contributed by atoms with Crippen molar-refractivity contribution in [2.24, 2.45) is 0 Å². The van der Waals surface area contributed by atoms with E-state index in [0.717, 1.165) is 12.0 Å². The number of amides is 2. The number of urea groups is 1. The van der Waals surface area contributed by atoms with E-state index in [2.05, 4.69) is 10.6 Å². The fourth-order valence-electron chi connectivity index (χ4n) is 2.30. The number of sulfone groups is 1. The van der Waals surface area contributed by atoms with Crippen molar-refractivity contribution in [3.8, 4) is 0 Å². The van der Waals surface area contributed by atoms with Crippen LogP contribution in [0.2, 0.25) is 0 Å². The van der Waals surface area contributed by atoms with Gasteiger partial charge in [0.2, 0.25) is 0 Å². The fraction of sp³-hybridized carbons (Fsp3) is 0.278. The summed E-state index contributed by atoms with van der Waals surface area (Å²) in [6, 6.07) is 16.0. The molecule has 24 heavy (non-hydrogen) atoms. The van der Waals surface area contributed by atoms with E-state index in [1.54, 1.807) is 24.3 Å². The quantitative estimate of drug-likeness (QED) is 0.844. The zero-order valence-electron chi connectivity index (χ0n) is 13.8. The first-order valence-electron chi connectivity index (χ1n) is 7.74. The predicted molar refractivity (Wildman–Crippen MR) is 94.6 cm³/mol. The maximum atomic E-state index is 11.9. The second kappa shape index (κ2) is 7.97. The van der Waals surface area contributed by atoms with Crippen LogP contribution in [0.15, 0.2) is 59.5 Å². The van der Waals surface area contributed by atoms with Crippen LogP contribution in [0.3, 0.4) is 0 Å². The lowest BCUT2D eigenvalue weighted by molar-refractivity contribution is 0.238. The summed E-state index contributed by atoms with van der Waals surface area (Å²) in [6.45, 7) is 2.40. The van der Waals surface area contributed by atoms with Gasteiger partial charge in [-0.15, -0.1) is 0 Å². The fourth-order valence-corrected chi connectivity index (χ4v) is 2.93. The van der Waals surface area contributed by atoms with Crippen LogP contribution in [0.25, 0.3) is 0 Å². The van der Waals surface area contributed by atoms with Crippen molar-refractivity contribution in [1.29, 1.82) is 0 Å². The van der Waals surface area contributed by atoms with Gasteiger partial charge in [-0.1, -0.05) is 42.5 Å². The molecule has 1 atom stereocenters. The molecule has 0 aliphatic carbocycles. The Balaban J connectivity index is 1.83. The summed E-state index contributed by atoms with van der Waals surface area (Å²) in [5, 5.41) is 5.66. The van der Waals surface area contributed by atoms with Gasteiger partial charge in [0.25, 0.3) is 0 Å². The van der Waals surface area contributed by atoms with Crippen LogP contribution in [-0.2, 0) is 16.3 Å². The van der Waals surface area contributed by atoms with Crippen molar-refractivity contribution in [3.05, 3.63) is 65.7 Å². The molecule has 0 radical (unpaired) electrons. The minimum Gasteiger partial charge on any atom is -0.338 e. The van der Waals surface area contributed by atoms with E-state index in [4.69, 9.17) is 0 Å². The van der Waals surface area contributed by atoms with E-state index in [-0.39, 0.29) is 17.0 Å². The SMILES string of the molecule is C[C@H](NC(=O)NCCc1ccccc1)c1ccc(S(C)(=O)=O)cc1. The van der Waals surface area contributed by atoms with Gasteiger partial charge >= 0.3 is 6.03 Å². The van der Waals surface area contributed by atoms with Gasteiger partial charge in [0, 0.05) is 12.8 Å². The van der Waals surface area contributed by atoms with Crippen LogP contribution in [0.5, 0.6) is 0 Å². The Morgan fingerprint density at radius 1 is 1.04 bits per heavy atom. The molecule has 0 bridgehead atoms. The van der Waals surface area contributed by atoms with Gasteiger partial charge in [-0.3, -0.25) is 0 Å². The van der Waals surface area contributed by atoms with Gasteiger partial charge in [-0.2, -0.15) is 0 Å². The average molecular weight is 346 g/mol. The summed E-state index contributed by atoms with van der Waals surface area (Å²) in [4.78, 5) is 12.2. The van der Waals surface area contributed by atoms with E-state index in [1.807, 2.05) is 37.3 Å². The molecule has 5 nitrogen and oxygen atoms in total. The van der Waals surface area contributed by atoms with Crippen molar-refractivity contribution in [2.75, 3.05) is 12.8 Å². The van der Waals surface area contributed by atoms with Crippen LogP contribution in [0, 0.1) is 0 Å². The number of benzene rings is 2. The molecular formula is C18H22N2O3S. The predicted octanol–water partition coefficient (Wildman–Crippen LogP) is 2.69. The summed E-state index contributed by atoms with van der Waals surface area (Å²) in [5.74, 6) is 0. The summed E-state index contributed by atoms with van der Waals surface area (Å²) < 4.78 is 22.9. The molecule has 2 N–H and O–H groups in total. The van der Waals surface area contributed by atoms with Crippen molar-refractivity contribution >= 4 is 15.9 Å². The van der Waals surface area contributed by atoms with Crippen molar-refractivity contribution < 1.29 is 13.2 Å². The average Bonchev–Trinajstić information content (AvgIpc) is 2.55. The number of hydrogen-bond donors (Lipinski definition) is 2. The Labute approximate surface area is 143 Å². The van der Waals surface area contributed by atoms with Crippen LogP contribution < -0.4 is 10.6 Å². The van der Waals surface area contributed by atoms with Crippen molar-refractivity contribution in [2.45, 2.75) is 24.3 Å². The molecule has 0 fully saturated rings. The minimum absolute atomic E-state index is 0.213. The van der Waals surface area contributed by atoms with Gasteiger partial charge < -0.3 is 10.6 Å². The second-order valence-electron chi connectivity index (χ2n) is 5.70. The number of hydrogen-bond acceptors (Lipinski definition) is 3. The molecule has 2 aromatic carbocycles. The zero-order chi connectivity index (χ0) is 17.6. The Bertz CT molecular complexity index is 772. The standard InChI is InChI=1S/C18H22N2O3S/c1-14(16-8-10-17(11-9-16)24(2,22)23)20-18(21)19-13-12-15-6-4-3-5-7-15/h3-11,14H,12-13H2,1-2H3,(H2,19,20,21)/t14-/m0/s1. The first-order chi connectivity index (χ1) is 11.4. The molecular weight excluding hydrogens is 324 g/mol. The van der Waals surface area contributed by atoms with Crippen molar-refractivity contribution in [3.63, 3.8) is 0 Å². The Kier molecular flexibility index (Phi) is 5.98. The third-order valence-corrected chi connectivity index (χ3v) is 4.83. The number of carbonyl (C=O) groups excluding carboxylic acids is 1. The van der Waals surface area contributed by atoms with E-state index < -0.39 is 9.84 Å². The molecule has 0 saturated heterocycles. The smallest absolute Gasteiger partial charge is 0.315 e. The van der Waals surface area contributed by atoms with Crippen LogP contribution in [0.1, 0.15) is 24.1 Å². The van der Waals surface area contributed by atoms with Gasteiger partial charge in [0.05, 0.1) is 10.9 Å². The van der Waals surface area contributed by atoms with Crippen LogP contribution in [-0.4, -0.2) is 27.2 Å². The molecule has 2 rings (SSSR count). The largest absolute Gasteiger partial charge is 0.338 e. The third kappa shape index (κ3) is 5.38. The van der Waals surface area contributed by atoms with Gasteiger partial charge in [-0.05, 0) is 36.6 Å².